The molecule has 0 aromatic heterocycles. The fourth-order valence-electron chi connectivity index (χ4n) is 8.11. The molecular weight excluding hydrogens is 736 g/mol. The molecule has 3 N–H and O–H groups in total. The number of hydrogen-bond donors (Lipinski definition) is 2. The van der Waals surface area contributed by atoms with Gasteiger partial charge in [0.15, 0.2) is 0 Å². The van der Waals surface area contributed by atoms with Crippen molar-refractivity contribution in [3.63, 3.8) is 0 Å². The summed E-state index contributed by atoms with van der Waals surface area (Å²) in [7, 11) is 0. The molecule has 1 aliphatic heterocycles. The van der Waals surface area contributed by atoms with Crippen LogP contribution in [-0.2, 0) is 6.42 Å². The van der Waals surface area contributed by atoms with E-state index in [4.69, 9.17) is 5.73 Å². The number of allylic oxidation sites excluding steroid dienone is 6. The SMILES string of the molecule is C=C1/C=C\c2ccc(-c3ccc(N(F)/C(=C\Cc4ccccc4)C4=CC=CCC4)c(-c4ccccc4N)c3)cc2-c2ccccc2Nc2ccccc2N1c1ccccc1. The van der Waals surface area contributed by atoms with Gasteiger partial charge < -0.3 is 16.0 Å². The molecule has 0 radical (unpaired) electrons. The maximum Gasteiger partial charge on any atom is 0.0826 e. The number of anilines is 6. The normalized spacial score (nSPS) is 14.2. The second kappa shape index (κ2) is 17.1. The summed E-state index contributed by atoms with van der Waals surface area (Å²) in [6, 6.07) is 57.4. The average molecular weight is 781 g/mol. The Morgan fingerprint density at radius 1 is 0.683 bits per heavy atom. The van der Waals surface area contributed by atoms with Crippen LogP contribution in [0.2, 0.25) is 0 Å². The van der Waals surface area contributed by atoms with E-state index in [1.807, 2.05) is 97.1 Å². The van der Waals surface area contributed by atoms with Crippen LogP contribution in [0.15, 0.2) is 224 Å². The van der Waals surface area contributed by atoms with Gasteiger partial charge in [-0.3, -0.25) is 0 Å². The Labute approximate surface area is 352 Å². The van der Waals surface area contributed by atoms with Gasteiger partial charge in [-0.05, 0) is 113 Å². The van der Waals surface area contributed by atoms with Gasteiger partial charge in [-0.25, -0.2) is 0 Å². The Hall–Kier alpha value is -7.63. The number of nitrogens with two attached hydrogens (primary N) is 1. The van der Waals surface area contributed by atoms with Gasteiger partial charge in [0.1, 0.15) is 0 Å². The minimum absolute atomic E-state index is 0.430. The average Bonchev–Trinajstić information content (AvgIpc) is 3.32. The van der Waals surface area contributed by atoms with Gasteiger partial charge in [0.05, 0.1) is 22.8 Å². The molecule has 0 saturated heterocycles. The summed E-state index contributed by atoms with van der Waals surface area (Å²) in [5, 5.41) is 4.64. The predicted molar refractivity (Wildman–Crippen MR) is 252 cm³/mol. The summed E-state index contributed by atoms with van der Waals surface area (Å²) in [4.78, 5) is 2.18. The second-order valence-electron chi connectivity index (χ2n) is 15.0. The van der Waals surface area contributed by atoms with E-state index in [-0.39, 0.29) is 0 Å². The van der Waals surface area contributed by atoms with Gasteiger partial charge in [0.2, 0.25) is 0 Å². The minimum atomic E-state index is 0.430. The van der Waals surface area contributed by atoms with Crippen LogP contribution >= 0.6 is 0 Å². The lowest BCUT2D eigenvalue weighted by molar-refractivity contribution is 0.480. The number of hydrogen-bond acceptors (Lipinski definition) is 4. The highest BCUT2D eigenvalue weighted by molar-refractivity contribution is 5.94. The van der Waals surface area contributed by atoms with E-state index in [1.165, 1.54) is 0 Å². The van der Waals surface area contributed by atoms with Crippen molar-refractivity contribution in [3.05, 3.63) is 235 Å². The topological polar surface area (TPSA) is 44.5 Å². The molecule has 0 fully saturated rings. The van der Waals surface area contributed by atoms with Crippen molar-refractivity contribution >= 4 is 40.2 Å². The van der Waals surface area contributed by atoms with Crippen LogP contribution in [0.1, 0.15) is 24.0 Å². The standard InChI is InChI=1S/C55H45FN4/c1-39-29-31-41-32-33-43(37-48(41)47-24-12-14-26-51(47)58-52-27-15-16-28-55(52)59(39)45-21-9-4-10-22-45)44-34-36-54(49(38-44)46-23-11-13-25-50(46)57)60(56)53(42-19-7-3-8-20-42)35-30-40-17-5-2-6-18-40/h2-7,9-19,21-29,31-38,58H,1,8,20,30,57H2/b31-29-,53-35-. The van der Waals surface area contributed by atoms with Crippen LogP contribution < -0.4 is 21.1 Å². The number of nitrogens with zero attached hydrogens (tertiary/aromatic N) is 2. The molecule has 292 valence electrons. The summed E-state index contributed by atoms with van der Waals surface area (Å²) in [6.07, 6.45) is 14.6. The van der Waals surface area contributed by atoms with Crippen LogP contribution in [0.3, 0.4) is 0 Å². The summed E-state index contributed by atoms with van der Waals surface area (Å²) in [5.41, 5.74) is 21.6. The van der Waals surface area contributed by atoms with E-state index in [1.54, 1.807) is 0 Å². The molecule has 0 bridgehead atoms. The first-order valence-electron chi connectivity index (χ1n) is 20.4. The van der Waals surface area contributed by atoms with E-state index >= 15 is 4.48 Å². The molecule has 7 aromatic rings. The predicted octanol–water partition coefficient (Wildman–Crippen LogP) is 14.8. The number of nitrogen functional groups attached to an aromatic ring is 1. The Balaban J connectivity index is 1.17. The number of halogens is 1. The van der Waals surface area contributed by atoms with Gasteiger partial charge >= 0.3 is 0 Å². The van der Waals surface area contributed by atoms with Gasteiger partial charge in [0, 0.05) is 39.4 Å². The third-order valence-corrected chi connectivity index (χ3v) is 11.2. The van der Waals surface area contributed by atoms with Crippen molar-refractivity contribution in [2.24, 2.45) is 0 Å². The van der Waals surface area contributed by atoms with Crippen LogP contribution in [0, 0.1) is 0 Å². The third-order valence-electron chi connectivity index (χ3n) is 11.2. The van der Waals surface area contributed by atoms with Crippen LogP contribution in [0.5, 0.6) is 0 Å². The van der Waals surface area contributed by atoms with Gasteiger partial charge in [-0.1, -0.05) is 157 Å². The Kier molecular flexibility index (Phi) is 10.8. The molecule has 0 atom stereocenters. The number of rotatable bonds is 8. The smallest absolute Gasteiger partial charge is 0.0826 e. The van der Waals surface area contributed by atoms with E-state index in [0.717, 1.165) is 90.9 Å². The van der Waals surface area contributed by atoms with E-state index in [0.29, 0.717) is 29.1 Å². The van der Waals surface area contributed by atoms with E-state index in [9.17, 15) is 0 Å². The lowest BCUT2D eigenvalue weighted by atomic mass is 9.91. The van der Waals surface area contributed by atoms with E-state index in [2.05, 4.69) is 126 Å². The monoisotopic (exact) mass is 780 g/mol. The van der Waals surface area contributed by atoms with Crippen LogP contribution in [0.25, 0.3) is 39.5 Å². The zero-order valence-electron chi connectivity index (χ0n) is 33.3. The molecule has 0 amide bonds. The Morgan fingerprint density at radius 3 is 2.12 bits per heavy atom. The first-order valence-corrected chi connectivity index (χ1v) is 20.4. The molecule has 9 rings (SSSR count). The summed E-state index contributed by atoms with van der Waals surface area (Å²) in [6.45, 7) is 4.56. The molecule has 7 aromatic carbocycles. The number of para-hydroxylation sites is 5. The highest BCUT2D eigenvalue weighted by atomic mass is 19.2. The van der Waals surface area contributed by atoms with Crippen LogP contribution in [-0.4, -0.2) is 0 Å². The minimum Gasteiger partial charge on any atom is -0.398 e. The number of nitrogens with one attached hydrogen (secondary N) is 1. The third kappa shape index (κ3) is 7.81. The lowest BCUT2D eigenvalue weighted by Gasteiger charge is -2.28. The number of fused-ring (bicyclic) bond motifs is 4. The first kappa shape index (κ1) is 37.9. The number of benzene rings is 7. The molecule has 0 spiro atoms. The van der Waals surface area contributed by atoms with Crippen molar-refractivity contribution in [2.75, 3.05) is 21.1 Å². The fourth-order valence-corrected chi connectivity index (χ4v) is 8.11. The zero-order chi connectivity index (χ0) is 40.8. The first-order chi connectivity index (χ1) is 29.5. The lowest BCUT2D eigenvalue weighted by Crippen LogP contribution is -2.16. The summed E-state index contributed by atoms with van der Waals surface area (Å²) in [5.74, 6) is 0. The molecule has 5 heteroatoms. The molecule has 2 aliphatic rings. The quantitative estimate of drug-likeness (QED) is 0.119. The molecule has 0 saturated carbocycles. The van der Waals surface area contributed by atoms with Crippen LogP contribution in [0.4, 0.5) is 38.6 Å². The van der Waals surface area contributed by atoms with Crippen molar-refractivity contribution in [1.82, 2.24) is 0 Å². The highest BCUT2D eigenvalue weighted by Gasteiger charge is 2.23. The van der Waals surface area contributed by atoms with Crippen molar-refractivity contribution in [2.45, 2.75) is 19.3 Å². The van der Waals surface area contributed by atoms with Crippen molar-refractivity contribution < 1.29 is 4.48 Å². The summed E-state index contributed by atoms with van der Waals surface area (Å²) >= 11 is 0. The van der Waals surface area contributed by atoms with E-state index < -0.39 is 0 Å². The summed E-state index contributed by atoms with van der Waals surface area (Å²) < 4.78 is 17.4. The second-order valence-corrected chi connectivity index (χ2v) is 15.0. The largest absolute Gasteiger partial charge is 0.398 e. The molecule has 0 unspecified atom stereocenters. The molecule has 4 nitrogen and oxygen atoms in total. The van der Waals surface area contributed by atoms with Gasteiger partial charge in [-0.2, -0.15) is 5.12 Å². The molecule has 1 heterocycles. The Bertz CT molecular complexity index is 2820. The molecule has 1 aliphatic carbocycles. The Morgan fingerprint density at radius 2 is 1.35 bits per heavy atom. The zero-order valence-corrected chi connectivity index (χ0v) is 33.3. The molecule has 60 heavy (non-hydrogen) atoms. The maximum atomic E-state index is 17.4. The highest BCUT2D eigenvalue weighted by Crippen LogP contribution is 2.44. The fraction of sp³-hybridized carbons (Fsp3) is 0.0545. The molecular formula is C55H45FN4. The maximum absolute atomic E-state index is 17.4. The van der Waals surface area contributed by atoms with Gasteiger partial charge in [0.25, 0.3) is 0 Å². The van der Waals surface area contributed by atoms with Crippen molar-refractivity contribution in [3.8, 4) is 33.4 Å². The van der Waals surface area contributed by atoms with Gasteiger partial charge in [-0.15, -0.1) is 0 Å². The van der Waals surface area contributed by atoms with Crippen molar-refractivity contribution in [1.29, 1.82) is 0 Å².